The van der Waals surface area contributed by atoms with E-state index in [1.54, 1.807) is 7.11 Å². The smallest absolute Gasteiger partial charge is 0.237 e. The monoisotopic (exact) mass is 498 g/mol. The van der Waals surface area contributed by atoms with Gasteiger partial charge in [0.2, 0.25) is 5.91 Å². The molecule has 4 aromatic rings. The van der Waals surface area contributed by atoms with Crippen molar-refractivity contribution in [3.05, 3.63) is 83.9 Å². The number of methoxy groups -OCH3 is 1. The van der Waals surface area contributed by atoms with Crippen molar-refractivity contribution in [3.63, 3.8) is 0 Å². The van der Waals surface area contributed by atoms with Crippen LogP contribution in [0.1, 0.15) is 37.8 Å². The molecule has 1 aliphatic heterocycles. The van der Waals surface area contributed by atoms with Crippen LogP contribution in [0.3, 0.4) is 0 Å². The number of aromatic nitrogens is 3. The normalized spacial score (nSPS) is 14.8. The molecule has 1 unspecified atom stereocenters. The van der Waals surface area contributed by atoms with Gasteiger partial charge in [-0.3, -0.25) is 9.36 Å². The van der Waals surface area contributed by atoms with Gasteiger partial charge >= 0.3 is 0 Å². The Morgan fingerprint density at radius 1 is 1.00 bits per heavy atom. The summed E-state index contributed by atoms with van der Waals surface area (Å²) in [6.45, 7) is 6.46. The van der Waals surface area contributed by atoms with Gasteiger partial charge in [0.05, 0.1) is 18.6 Å². The maximum atomic E-state index is 13.4. The number of carbonyl (C=O) groups is 1. The number of fused-ring (bicyclic) bond motifs is 1. The van der Waals surface area contributed by atoms with Crippen LogP contribution in [-0.2, 0) is 11.2 Å². The molecule has 0 saturated carbocycles. The first kappa shape index (κ1) is 24.1. The van der Waals surface area contributed by atoms with E-state index in [4.69, 9.17) is 4.74 Å². The van der Waals surface area contributed by atoms with Gasteiger partial charge in [-0.25, -0.2) is 0 Å². The molecule has 0 fully saturated rings. The van der Waals surface area contributed by atoms with E-state index in [2.05, 4.69) is 59.8 Å². The molecule has 0 radical (unpaired) electrons. The largest absolute Gasteiger partial charge is 0.497 e. The van der Waals surface area contributed by atoms with E-state index < -0.39 is 0 Å². The first-order valence-corrected chi connectivity index (χ1v) is 13.2. The summed E-state index contributed by atoms with van der Waals surface area (Å²) in [7, 11) is 1.65. The zero-order chi connectivity index (χ0) is 25.2. The molecule has 0 bridgehead atoms. The highest BCUT2D eigenvalue weighted by Crippen LogP contribution is 2.35. The van der Waals surface area contributed by atoms with Gasteiger partial charge in [0.25, 0.3) is 0 Å². The van der Waals surface area contributed by atoms with Crippen LogP contribution in [0.25, 0.3) is 17.1 Å². The van der Waals surface area contributed by atoms with Gasteiger partial charge in [0.1, 0.15) is 5.75 Å². The number of rotatable bonds is 7. The van der Waals surface area contributed by atoms with Crippen LogP contribution in [-0.4, -0.2) is 39.6 Å². The molecule has 0 N–H and O–H groups in total. The van der Waals surface area contributed by atoms with Crippen molar-refractivity contribution in [2.24, 2.45) is 0 Å². The van der Waals surface area contributed by atoms with Gasteiger partial charge in [-0.1, -0.05) is 62.0 Å². The minimum Gasteiger partial charge on any atom is -0.497 e. The molecule has 6 nitrogen and oxygen atoms in total. The average molecular weight is 499 g/mol. The second-order valence-electron chi connectivity index (χ2n) is 9.32. The number of hydrogen-bond donors (Lipinski definition) is 0. The Morgan fingerprint density at radius 2 is 1.69 bits per heavy atom. The summed E-state index contributed by atoms with van der Waals surface area (Å²) in [5, 5.41) is 9.82. The van der Waals surface area contributed by atoms with Crippen LogP contribution in [0.5, 0.6) is 5.75 Å². The number of anilines is 1. The lowest BCUT2D eigenvalue weighted by Gasteiger charge is -2.22. The lowest BCUT2D eigenvalue weighted by Crippen LogP contribution is -2.37. The van der Waals surface area contributed by atoms with Crippen molar-refractivity contribution < 1.29 is 9.53 Å². The summed E-state index contributed by atoms with van der Waals surface area (Å²) in [6, 6.07) is 24.4. The fourth-order valence-corrected chi connectivity index (χ4v) is 5.63. The molecule has 0 spiro atoms. The Morgan fingerprint density at radius 3 is 2.42 bits per heavy atom. The van der Waals surface area contributed by atoms with E-state index in [1.165, 1.54) is 22.9 Å². The van der Waals surface area contributed by atoms with Crippen LogP contribution in [0.4, 0.5) is 5.69 Å². The third-order valence-electron chi connectivity index (χ3n) is 6.58. The van der Waals surface area contributed by atoms with Crippen molar-refractivity contribution in [2.45, 2.75) is 44.3 Å². The predicted molar refractivity (Wildman–Crippen MR) is 145 cm³/mol. The summed E-state index contributed by atoms with van der Waals surface area (Å²) >= 11 is 1.43. The molecule has 1 aliphatic rings. The molecule has 36 heavy (non-hydrogen) atoms. The molecular formula is C29H30N4O2S. The molecule has 0 aliphatic carbocycles. The van der Waals surface area contributed by atoms with Crippen molar-refractivity contribution in [1.82, 2.24) is 14.8 Å². The van der Waals surface area contributed by atoms with Crippen LogP contribution in [0, 0.1) is 0 Å². The number of benzene rings is 3. The summed E-state index contributed by atoms with van der Waals surface area (Å²) in [6.07, 6.45) is 0.881. The highest BCUT2D eigenvalue weighted by Gasteiger charge is 2.31. The van der Waals surface area contributed by atoms with Gasteiger partial charge in [0.15, 0.2) is 11.0 Å². The van der Waals surface area contributed by atoms with Crippen LogP contribution >= 0.6 is 11.8 Å². The third kappa shape index (κ3) is 4.51. The van der Waals surface area contributed by atoms with Crippen molar-refractivity contribution >= 4 is 23.4 Å². The lowest BCUT2D eigenvalue weighted by molar-refractivity contribution is -0.116. The van der Waals surface area contributed by atoms with Crippen molar-refractivity contribution in [2.75, 3.05) is 17.8 Å². The number of nitrogens with zero attached hydrogens (tertiary/aromatic N) is 4. The van der Waals surface area contributed by atoms with Crippen LogP contribution < -0.4 is 9.64 Å². The molecule has 1 aromatic heterocycles. The molecule has 1 atom stereocenters. The predicted octanol–water partition coefficient (Wildman–Crippen LogP) is 6.14. The standard InChI is InChI=1S/C29H30N4O2S/c1-19(2)24-10-6-8-12-26(24)33-28(21-13-15-23(35-4)16-14-21)30-31-29(33)36-18-27(34)32-20(3)17-22-9-5-7-11-25(22)32/h5-16,19-20H,17-18H2,1-4H3. The quantitative estimate of drug-likeness (QED) is 0.287. The van der Waals surface area contributed by atoms with Gasteiger partial charge in [-0.15, -0.1) is 10.2 Å². The fourth-order valence-electron chi connectivity index (χ4n) is 4.83. The summed E-state index contributed by atoms with van der Waals surface area (Å²) in [5.74, 6) is 2.19. The van der Waals surface area contributed by atoms with Crippen LogP contribution in [0.2, 0.25) is 0 Å². The SMILES string of the molecule is COc1ccc(-c2nnc(SCC(=O)N3c4ccccc4CC3C)n2-c2ccccc2C(C)C)cc1. The maximum Gasteiger partial charge on any atom is 0.237 e. The Balaban J connectivity index is 1.50. The van der Waals surface area contributed by atoms with Crippen molar-refractivity contribution in [3.8, 4) is 22.8 Å². The third-order valence-corrected chi connectivity index (χ3v) is 7.50. The van der Waals surface area contributed by atoms with E-state index in [9.17, 15) is 4.79 Å². The van der Waals surface area contributed by atoms with E-state index in [-0.39, 0.29) is 17.7 Å². The number of hydrogen-bond acceptors (Lipinski definition) is 5. The van der Waals surface area contributed by atoms with Crippen molar-refractivity contribution in [1.29, 1.82) is 0 Å². The number of carbonyl (C=O) groups excluding carboxylic acids is 1. The van der Waals surface area contributed by atoms with Crippen LogP contribution in [0.15, 0.2) is 78.0 Å². The number of thioether (sulfide) groups is 1. The van der Waals surface area contributed by atoms with E-state index in [1.807, 2.05) is 53.4 Å². The highest BCUT2D eigenvalue weighted by molar-refractivity contribution is 7.99. The van der Waals surface area contributed by atoms with Gasteiger partial charge in [0, 0.05) is 17.3 Å². The Hall–Kier alpha value is -3.58. The number of ether oxygens (including phenoxy) is 1. The molecule has 184 valence electrons. The molecule has 5 rings (SSSR count). The zero-order valence-electron chi connectivity index (χ0n) is 21.0. The summed E-state index contributed by atoms with van der Waals surface area (Å²) in [4.78, 5) is 15.3. The Bertz CT molecular complexity index is 1380. The van der Waals surface area contributed by atoms with Gasteiger partial charge in [-0.05, 0) is 66.8 Å². The summed E-state index contributed by atoms with van der Waals surface area (Å²) in [5.41, 5.74) is 5.39. The lowest BCUT2D eigenvalue weighted by atomic mass is 10.0. The average Bonchev–Trinajstić information content (AvgIpc) is 3.47. The molecule has 1 amide bonds. The first-order valence-electron chi connectivity index (χ1n) is 12.2. The first-order chi connectivity index (χ1) is 17.5. The zero-order valence-corrected chi connectivity index (χ0v) is 21.8. The number of para-hydroxylation sites is 2. The molecule has 3 aromatic carbocycles. The fraction of sp³-hybridized carbons (Fsp3) is 0.276. The second-order valence-corrected chi connectivity index (χ2v) is 10.3. The van der Waals surface area contributed by atoms with E-state index >= 15 is 0 Å². The minimum absolute atomic E-state index is 0.0788. The van der Waals surface area contributed by atoms with Gasteiger partial charge in [-0.2, -0.15) is 0 Å². The molecular weight excluding hydrogens is 468 g/mol. The number of amides is 1. The van der Waals surface area contributed by atoms with E-state index in [0.717, 1.165) is 34.9 Å². The Kier molecular flexibility index (Phi) is 6.83. The summed E-state index contributed by atoms with van der Waals surface area (Å²) < 4.78 is 7.41. The van der Waals surface area contributed by atoms with E-state index in [0.29, 0.717) is 11.1 Å². The Labute approximate surface area is 216 Å². The molecule has 2 heterocycles. The maximum absolute atomic E-state index is 13.4. The minimum atomic E-state index is 0.0788. The highest BCUT2D eigenvalue weighted by atomic mass is 32.2. The topological polar surface area (TPSA) is 60.3 Å². The second kappa shape index (κ2) is 10.2. The molecule has 7 heteroatoms. The van der Waals surface area contributed by atoms with Gasteiger partial charge < -0.3 is 9.64 Å². The molecule has 0 saturated heterocycles.